The van der Waals surface area contributed by atoms with Crippen LogP contribution < -0.4 is 11.1 Å². The van der Waals surface area contributed by atoms with Crippen molar-refractivity contribution in [2.45, 2.75) is 38.6 Å². The average molecular weight is 267 g/mol. The number of benzene rings is 1. The Bertz CT molecular complexity index is 441. The van der Waals surface area contributed by atoms with Crippen molar-refractivity contribution < 1.29 is 4.79 Å². The molecule has 1 amide bonds. The van der Waals surface area contributed by atoms with Crippen LogP contribution in [-0.2, 0) is 0 Å². The van der Waals surface area contributed by atoms with Crippen LogP contribution in [0.25, 0.3) is 0 Å². The van der Waals surface area contributed by atoms with E-state index >= 15 is 0 Å². The highest BCUT2D eigenvalue weighted by Gasteiger charge is 2.23. The summed E-state index contributed by atoms with van der Waals surface area (Å²) < 4.78 is 0. The van der Waals surface area contributed by atoms with Gasteiger partial charge in [0.25, 0.3) is 5.91 Å². The minimum atomic E-state index is -0.0715. The SMILES string of the molecule is CC(NC(=O)c1ccc(Cl)c(N)c1)C1CCCC1. The van der Waals surface area contributed by atoms with Crippen molar-refractivity contribution in [1.29, 1.82) is 0 Å². The zero-order chi connectivity index (χ0) is 13.1. The Hall–Kier alpha value is -1.22. The van der Waals surface area contributed by atoms with Gasteiger partial charge in [-0.15, -0.1) is 0 Å². The van der Waals surface area contributed by atoms with Gasteiger partial charge < -0.3 is 11.1 Å². The highest BCUT2D eigenvalue weighted by molar-refractivity contribution is 6.33. The van der Waals surface area contributed by atoms with Crippen molar-refractivity contribution in [2.24, 2.45) is 5.92 Å². The van der Waals surface area contributed by atoms with E-state index in [9.17, 15) is 4.79 Å². The normalized spacial score (nSPS) is 17.7. The van der Waals surface area contributed by atoms with Gasteiger partial charge in [0.15, 0.2) is 0 Å². The van der Waals surface area contributed by atoms with E-state index in [1.165, 1.54) is 25.7 Å². The molecule has 2 rings (SSSR count). The molecular weight excluding hydrogens is 248 g/mol. The molecule has 0 aromatic heterocycles. The third-order valence-electron chi connectivity index (χ3n) is 3.72. The number of amides is 1. The molecule has 0 bridgehead atoms. The highest BCUT2D eigenvalue weighted by Crippen LogP contribution is 2.27. The fourth-order valence-corrected chi connectivity index (χ4v) is 2.67. The van der Waals surface area contributed by atoms with Crippen LogP contribution in [0.4, 0.5) is 5.69 Å². The molecule has 1 saturated carbocycles. The van der Waals surface area contributed by atoms with E-state index in [2.05, 4.69) is 12.2 Å². The van der Waals surface area contributed by atoms with Gasteiger partial charge in [-0.2, -0.15) is 0 Å². The molecule has 0 aliphatic heterocycles. The summed E-state index contributed by atoms with van der Waals surface area (Å²) in [5.41, 5.74) is 6.71. The fraction of sp³-hybridized carbons (Fsp3) is 0.500. The average Bonchev–Trinajstić information content (AvgIpc) is 2.86. The van der Waals surface area contributed by atoms with Crippen LogP contribution in [0.2, 0.25) is 5.02 Å². The summed E-state index contributed by atoms with van der Waals surface area (Å²) in [7, 11) is 0. The van der Waals surface area contributed by atoms with E-state index in [1.807, 2.05) is 0 Å². The molecule has 0 radical (unpaired) electrons. The van der Waals surface area contributed by atoms with Crippen LogP contribution in [0.5, 0.6) is 0 Å². The number of rotatable bonds is 3. The number of halogens is 1. The molecule has 1 aliphatic rings. The Balaban J connectivity index is 2.00. The van der Waals surface area contributed by atoms with Gasteiger partial charge >= 0.3 is 0 Å². The number of carbonyl (C=O) groups is 1. The molecule has 4 heteroatoms. The maximum Gasteiger partial charge on any atom is 0.251 e. The molecule has 1 fully saturated rings. The quantitative estimate of drug-likeness (QED) is 0.826. The largest absolute Gasteiger partial charge is 0.398 e. The van der Waals surface area contributed by atoms with Crippen LogP contribution in [-0.4, -0.2) is 11.9 Å². The summed E-state index contributed by atoms with van der Waals surface area (Å²) in [4.78, 5) is 12.1. The van der Waals surface area contributed by atoms with Crippen molar-refractivity contribution in [2.75, 3.05) is 5.73 Å². The minimum Gasteiger partial charge on any atom is -0.398 e. The molecule has 0 heterocycles. The number of nitrogens with one attached hydrogen (secondary N) is 1. The number of hydrogen-bond acceptors (Lipinski definition) is 2. The fourth-order valence-electron chi connectivity index (χ4n) is 2.55. The molecule has 1 unspecified atom stereocenters. The van der Waals surface area contributed by atoms with Crippen molar-refractivity contribution >= 4 is 23.2 Å². The van der Waals surface area contributed by atoms with Crippen LogP contribution in [0, 0.1) is 5.92 Å². The summed E-state index contributed by atoms with van der Waals surface area (Å²) in [6, 6.07) is 5.21. The first-order valence-corrected chi connectivity index (χ1v) is 6.81. The third-order valence-corrected chi connectivity index (χ3v) is 4.07. The monoisotopic (exact) mass is 266 g/mol. The van der Waals surface area contributed by atoms with Gasteiger partial charge in [-0.1, -0.05) is 24.4 Å². The zero-order valence-corrected chi connectivity index (χ0v) is 11.3. The first-order chi connectivity index (χ1) is 8.58. The summed E-state index contributed by atoms with van der Waals surface area (Å²) in [5, 5.41) is 3.53. The van der Waals surface area contributed by atoms with Crippen LogP contribution in [0.1, 0.15) is 43.0 Å². The lowest BCUT2D eigenvalue weighted by Gasteiger charge is -2.20. The predicted octanol–water partition coefficient (Wildman–Crippen LogP) is 3.23. The third kappa shape index (κ3) is 2.96. The minimum absolute atomic E-state index is 0.0715. The first kappa shape index (κ1) is 13.2. The second kappa shape index (κ2) is 5.61. The molecule has 1 atom stereocenters. The summed E-state index contributed by atoms with van der Waals surface area (Å²) in [6.07, 6.45) is 4.98. The van der Waals surface area contributed by atoms with E-state index in [4.69, 9.17) is 17.3 Å². The van der Waals surface area contributed by atoms with E-state index < -0.39 is 0 Å². The maximum atomic E-state index is 12.1. The second-order valence-corrected chi connectivity index (χ2v) is 5.45. The predicted molar refractivity (Wildman–Crippen MR) is 74.8 cm³/mol. The Morgan fingerprint density at radius 3 is 2.72 bits per heavy atom. The second-order valence-electron chi connectivity index (χ2n) is 5.04. The molecule has 0 saturated heterocycles. The van der Waals surface area contributed by atoms with Crippen molar-refractivity contribution in [3.8, 4) is 0 Å². The zero-order valence-electron chi connectivity index (χ0n) is 10.6. The van der Waals surface area contributed by atoms with Crippen molar-refractivity contribution in [3.05, 3.63) is 28.8 Å². The number of nitrogen functional groups attached to an aromatic ring is 1. The first-order valence-electron chi connectivity index (χ1n) is 6.44. The van der Waals surface area contributed by atoms with E-state index in [0.717, 1.165) is 0 Å². The molecule has 3 N–H and O–H groups in total. The molecule has 18 heavy (non-hydrogen) atoms. The molecule has 1 aromatic rings. The van der Waals surface area contributed by atoms with E-state index in [-0.39, 0.29) is 11.9 Å². The summed E-state index contributed by atoms with van der Waals surface area (Å²) in [5.74, 6) is 0.538. The molecule has 3 nitrogen and oxygen atoms in total. The maximum absolute atomic E-state index is 12.1. The topological polar surface area (TPSA) is 55.1 Å². The molecule has 1 aliphatic carbocycles. The summed E-state index contributed by atoms with van der Waals surface area (Å²) >= 11 is 5.84. The Kier molecular flexibility index (Phi) is 4.12. The van der Waals surface area contributed by atoms with Crippen LogP contribution >= 0.6 is 11.6 Å². The van der Waals surface area contributed by atoms with Gasteiger partial charge in [-0.3, -0.25) is 4.79 Å². The Morgan fingerprint density at radius 1 is 1.44 bits per heavy atom. The number of nitrogens with two attached hydrogens (primary N) is 1. The van der Waals surface area contributed by atoms with Crippen molar-refractivity contribution in [3.63, 3.8) is 0 Å². The van der Waals surface area contributed by atoms with Gasteiger partial charge in [-0.25, -0.2) is 0 Å². The van der Waals surface area contributed by atoms with Gasteiger partial charge in [-0.05, 0) is 43.9 Å². The van der Waals surface area contributed by atoms with Gasteiger partial charge in [0.05, 0.1) is 10.7 Å². The number of hydrogen-bond donors (Lipinski definition) is 2. The van der Waals surface area contributed by atoms with Gasteiger partial charge in [0, 0.05) is 11.6 Å². The van der Waals surface area contributed by atoms with E-state index in [1.54, 1.807) is 18.2 Å². The lowest BCUT2D eigenvalue weighted by Crippen LogP contribution is -2.37. The van der Waals surface area contributed by atoms with Gasteiger partial charge in [0.2, 0.25) is 0 Å². The standard InChI is InChI=1S/C14H19ClN2O/c1-9(10-4-2-3-5-10)17-14(18)11-6-7-12(15)13(16)8-11/h6-10H,2-5,16H2,1H3,(H,17,18). The number of carbonyl (C=O) groups excluding carboxylic acids is 1. The lowest BCUT2D eigenvalue weighted by atomic mass is 9.99. The van der Waals surface area contributed by atoms with Crippen LogP contribution in [0.3, 0.4) is 0 Å². The summed E-state index contributed by atoms with van der Waals surface area (Å²) in [6.45, 7) is 2.08. The molecular formula is C14H19ClN2O. The van der Waals surface area contributed by atoms with Crippen molar-refractivity contribution in [1.82, 2.24) is 5.32 Å². The van der Waals surface area contributed by atoms with Crippen LogP contribution in [0.15, 0.2) is 18.2 Å². The highest BCUT2D eigenvalue weighted by atomic mass is 35.5. The van der Waals surface area contributed by atoms with E-state index in [0.29, 0.717) is 22.2 Å². The number of anilines is 1. The molecule has 98 valence electrons. The smallest absolute Gasteiger partial charge is 0.251 e. The molecule has 0 spiro atoms. The molecule has 1 aromatic carbocycles. The lowest BCUT2D eigenvalue weighted by molar-refractivity contribution is 0.0927. The van der Waals surface area contributed by atoms with Gasteiger partial charge in [0.1, 0.15) is 0 Å². The Morgan fingerprint density at radius 2 is 2.11 bits per heavy atom. The Labute approximate surface area is 113 Å².